The Morgan fingerprint density at radius 3 is 3.00 bits per heavy atom. The molecule has 1 N–H and O–H groups in total. The number of piperidine rings is 1. The largest absolute Gasteiger partial charge is 0.354 e. The van der Waals surface area contributed by atoms with Crippen molar-refractivity contribution < 1.29 is 0 Å². The molecule has 1 aliphatic rings. The maximum atomic E-state index is 4.49. The van der Waals surface area contributed by atoms with Crippen LogP contribution in [0.25, 0.3) is 11.0 Å². The predicted molar refractivity (Wildman–Crippen MR) is 84.6 cm³/mol. The molecule has 5 nitrogen and oxygen atoms in total. The van der Waals surface area contributed by atoms with Crippen molar-refractivity contribution in [3.05, 3.63) is 18.6 Å². The second-order valence-corrected chi connectivity index (χ2v) is 5.64. The molecule has 0 saturated carbocycles. The van der Waals surface area contributed by atoms with E-state index in [2.05, 4.69) is 51.8 Å². The summed E-state index contributed by atoms with van der Waals surface area (Å²) >= 11 is 0. The third-order valence-corrected chi connectivity index (χ3v) is 4.29. The zero-order chi connectivity index (χ0) is 13.4. The van der Waals surface area contributed by atoms with Gasteiger partial charge in [0, 0.05) is 25.8 Å². The van der Waals surface area contributed by atoms with E-state index < -0.39 is 0 Å². The first-order chi connectivity index (χ1) is 9.16. The normalized spacial score (nSPS) is 23.6. The first-order valence-electron chi connectivity index (χ1n) is 6.86. The molecular formula is C14H22ClN5. The van der Waals surface area contributed by atoms with Crippen LogP contribution < -0.4 is 4.90 Å². The molecule has 0 unspecified atom stereocenters. The average molecular weight is 296 g/mol. The van der Waals surface area contributed by atoms with Gasteiger partial charge in [-0.3, -0.25) is 0 Å². The first-order valence-corrected chi connectivity index (χ1v) is 6.86. The van der Waals surface area contributed by atoms with Crippen molar-refractivity contribution >= 4 is 29.3 Å². The van der Waals surface area contributed by atoms with E-state index >= 15 is 0 Å². The lowest BCUT2D eigenvalue weighted by Gasteiger charge is -2.40. The minimum Gasteiger partial charge on any atom is -0.354 e. The molecule has 110 valence electrons. The van der Waals surface area contributed by atoms with Crippen LogP contribution in [-0.4, -0.2) is 53.1 Å². The van der Waals surface area contributed by atoms with Crippen LogP contribution >= 0.6 is 12.4 Å². The van der Waals surface area contributed by atoms with Crippen molar-refractivity contribution in [2.45, 2.75) is 19.4 Å². The molecule has 2 aromatic rings. The van der Waals surface area contributed by atoms with Gasteiger partial charge in [-0.1, -0.05) is 6.92 Å². The summed E-state index contributed by atoms with van der Waals surface area (Å²) in [5, 5.41) is 1.10. The van der Waals surface area contributed by atoms with E-state index in [-0.39, 0.29) is 12.4 Å². The minimum absolute atomic E-state index is 0. The molecule has 1 aliphatic heterocycles. The van der Waals surface area contributed by atoms with E-state index in [1.165, 1.54) is 13.0 Å². The molecule has 0 radical (unpaired) electrons. The van der Waals surface area contributed by atoms with Crippen molar-refractivity contribution in [1.29, 1.82) is 0 Å². The molecule has 6 heteroatoms. The number of nitrogens with one attached hydrogen (secondary N) is 1. The van der Waals surface area contributed by atoms with Crippen molar-refractivity contribution in [3.63, 3.8) is 0 Å². The Balaban J connectivity index is 0.00000147. The second-order valence-electron chi connectivity index (χ2n) is 5.64. The molecular weight excluding hydrogens is 274 g/mol. The van der Waals surface area contributed by atoms with Gasteiger partial charge in [-0.15, -0.1) is 12.4 Å². The number of halogens is 1. The third kappa shape index (κ3) is 2.60. The van der Waals surface area contributed by atoms with Gasteiger partial charge >= 0.3 is 0 Å². The number of likely N-dealkylation sites (N-methyl/N-ethyl adjacent to an activating group) is 2. The fraction of sp³-hybridized carbons (Fsp3) is 0.571. The predicted octanol–water partition coefficient (Wildman–Crippen LogP) is 2.16. The fourth-order valence-electron chi connectivity index (χ4n) is 3.01. The van der Waals surface area contributed by atoms with Gasteiger partial charge in [-0.2, -0.15) is 0 Å². The van der Waals surface area contributed by atoms with E-state index in [9.17, 15) is 0 Å². The third-order valence-electron chi connectivity index (χ3n) is 4.29. The molecule has 1 fully saturated rings. The lowest BCUT2D eigenvalue weighted by Crippen LogP contribution is -2.50. The van der Waals surface area contributed by atoms with E-state index in [0.717, 1.165) is 23.4 Å². The summed E-state index contributed by atoms with van der Waals surface area (Å²) in [6.45, 7) is 4.62. The molecule has 0 spiro atoms. The summed E-state index contributed by atoms with van der Waals surface area (Å²) in [6.07, 6.45) is 4.81. The summed E-state index contributed by atoms with van der Waals surface area (Å²) in [5.74, 6) is 1.71. The highest BCUT2D eigenvalue weighted by molar-refractivity contribution is 5.87. The van der Waals surface area contributed by atoms with Gasteiger partial charge < -0.3 is 14.8 Å². The lowest BCUT2D eigenvalue weighted by atomic mass is 9.92. The second kappa shape index (κ2) is 5.97. The lowest BCUT2D eigenvalue weighted by molar-refractivity contribution is 0.197. The molecule has 3 heterocycles. The smallest absolute Gasteiger partial charge is 0.142 e. The van der Waals surface area contributed by atoms with Gasteiger partial charge in [-0.25, -0.2) is 9.97 Å². The molecule has 0 amide bonds. The van der Waals surface area contributed by atoms with Crippen molar-refractivity contribution in [2.75, 3.05) is 32.1 Å². The molecule has 0 aliphatic carbocycles. The zero-order valence-corrected chi connectivity index (χ0v) is 13.0. The summed E-state index contributed by atoms with van der Waals surface area (Å²) < 4.78 is 0. The summed E-state index contributed by atoms with van der Waals surface area (Å²) in [7, 11) is 4.34. The molecule has 0 bridgehead atoms. The van der Waals surface area contributed by atoms with Crippen molar-refractivity contribution in [1.82, 2.24) is 19.9 Å². The Bertz CT molecular complexity index is 569. The van der Waals surface area contributed by atoms with E-state index in [1.54, 1.807) is 6.33 Å². The SMILES string of the molecule is C[C@@H]1CCN(C)C[C@@H]1N(C)c1ncnc2[nH]ccc12.Cl. The highest BCUT2D eigenvalue weighted by Crippen LogP contribution is 2.27. The highest BCUT2D eigenvalue weighted by Gasteiger charge is 2.29. The summed E-state index contributed by atoms with van der Waals surface area (Å²) in [6, 6.07) is 2.56. The van der Waals surface area contributed by atoms with Gasteiger partial charge in [-0.05, 0) is 32.0 Å². The number of rotatable bonds is 2. The standard InChI is InChI=1S/C14H21N5.ClH/c1-10-5-7-18(2)8-12(10)19(3)14-11-4-6-15-13(11)16-9-17-14;/h4,6,9-10,12H,5,7-8H2,1-3H3,(H,15,16,17);1H/t10-,12+;/m1./s1. The van der Waals surface area contributed by atoms with Crippen LogP contribution in [0.2, 0.25) is 0 Å². The maximum Gasteiger partial charge on any atom is 0.142 e. The number of H-pyrrole nitrogens is 1. The summed E-state index contributed by atoms with van der Waals surface area (Å²) in [4.78, 5) is 16.6. The van der Waals surface area contributed by atoms with Crippen LogP contribution in [0.5, 0.6) is 0 Å². The van der Waals surface area contributed by atoms with E-state index in [1.807, 2.05) is 6.20 Å². The van der Waals surface area contributed by atoms with Crippen LogP contribution in [0.3, 0.4) is 0 Å². The van der Waals surface area contributed by atoms with Gasteiger partial charge in [0.05, 0.1) is 5.39 Å². The first kappa shape index (κ1) is 15.1. The van der Waals surface area contributed by atoms with Crippen molar-refractivity contribution in [3.8, 4) is 0 Å². The Morgan fingerprint density at radius 2 is 2.20 bits per heavy atom. The Labute approximate surface area is 125 Å². The van der Waals surface area contributed by atoms with Crippen LogP contribution in [0.15, 0.2) is 18.6 Å². The minimum atomic E-state index is 0. The molecule has 3 rings (SSSR count). The van der Waals surface area contributed by atoms with E-state index in [0.29, 0.717) is 12.0 Å². The zero-order valence-electron chi connectivity index (χ0n) is 12.2. The number of hydrogen-bond donors (Lipinski definition) is 1. The average Bonchev–Trinajstić information content (AvgIpc) is 2.89. The quantitative estimate of drug-likeness (QED) is 0.922. The van der Waals surface area contributed by atoms with Crippen LogP contribution in [0.4, 0.5) is 5.82 Å². The van der Waals surface area contributed by atoms with Gasteiger partial charge in [0.2, 0.25) is 0 Å². The number of aromatic nitrogens is 3. The number of fused-ring (bicyclic) bond motifs is 1. The van der Waals surface area contributed by atoms with Crippen LogP contribution in [0.1, 0.15) is 13.3 Å². The Morgan fingerprint density at radius 1 is 1.40 bits per heavy atom. The van der Waals surface area contributed by atoms with Crippen LogP contribution in [0, 0.1) is 5.92 Å². The molecule has 2 aromatic heterocycles. The monoisotopic (exact) mass is 295 g/mol. The summed E-state index contributed by atoms with van der Waals surface area (Å²) in [5.41, 5.74) is 0.911. The topological polar surface area (TPSA) is 48.1 Å². The molecule has 1 saturated heterocycles. The fourth-order valence-corrected chi connectivity index (χ4v) is 3.01. The van der Waals surface area contributed by atoms with Gasteiger partial charge in [0.1, 0.15) is 17.8 Å². The maximum absolute atomic E-state index is 4.49. The van der Waals surface area contributed by atoms with Crippen LogP contribution in [-0.2, 0) is 0 Å². The van der Waals surface area contributed by atoms with Crippen molar-refractivity contribution in [2.24, 2.45) is 5.92 Å². The molecule has 0 aromatic carbocycles. The molecule has 20 heavy (non-hydrogen) atoms. The highest BCUT2D eigenvalue weighted by atomic mass is 35.5. The van der Waals surface area contributed by atoms with Gasteiger partial charge in [0.15, 0.2) is 0 Å². The number of nitrogens with zero attached hydrogens (tertiary/aromatic N) is 4. The molecule has 2 atom stereocenters. The number of hydrogen-bond acceptors (Lipinski definition) is 4. The van der Waals surface area contributed by atoms with Gasteiger partial charge in [0.25, 0.3) is 0 Å². The Kier molecular flexibility index (Phi) is 4.50. The number of aromatic amines is 1. The number of anilines is 1. The van der Waals surface area contributed by atoms with E-state index in [4.69, 9.17) is 0 Å². The number of likely N-dealkylation sites (tertiary alicyclic amines) is 1. The Hall–Kier alpha value is -1.33.